The summed E-state index contributed by atoms with van der Waals surface area (Å²) in [5.74, 6) is -1.19. The number of carbonyl (C=O) groups is 2. The zero-order chi connectivity index (χ0) is 15.0. The number of carboxylic acids is 1. The van der Waals surface area contributed by atoms with Crippen LogP contribution in [0.4, 0.5) is 5.00 Å². The Morgan fingerprint density at radius 3 is 2.95 bits per heavy atom. The fraction of sp³-hybridized carbons (Fsp3) is 0.308. The lowest BCUT2D eigenvalue weighted by Gasteiger charge is -2.17. The average molecular weight is 293 g/mol. The molecule has 0 fully saturated rings. The van der Waals surface area contributed by atoms with Crippen molar-refractivity contribution in [1.82, 2.24) is 4.90 Å². The molecule has 1 aromatic heterocycles. The summed E-state index contributed by atoms with van der Waals surface area (Å²) in [5.41, 5.74) is 0.428. The van der Waals surface area contributed by atoms with Crippen LogP contribution < -0.4 is 5.32 Å². The first-order chi connectivity index (χ1) is 9.56. The maximum Gasteiger partial charge on any atom is 0.317 e. The Kier molecular flexibility index (Phi) is 6.43. The van der Waals surface area contributed by atoms with E-state index in [-0.39, 0.29) is 18.9 Å². The number of nitriles is 1. The number of aliphatic carboxylic acids is 1. The van der Waals surface area contributed by atoms with Crippen molar-refractivity contribution >= 4 is 28.2 Å². The number of rotatable bonds is 8. The number of thiophene rings is 1. The number of hydrogen-bond donors (Lipinski definition) is 2. The lowest BCUT2D eigenvalue weighted by molar-refractivity contribution is -0.138. The summed E-state index contributed by atoms with van der Waals surface area (Å²) in [6, 6.07) is 3.62. The molecule has 6 nitrogen and oxygen atoms in total. The van der Waals surface area contributed by atoms with E-state index in [9.17, 15) is 9.59 Å². The van der Waals surface area contributed by atoms with Gasteiger partial charge in [0.25, 0.3) is 0 Å². The van der Waals surface area contributed by atoms with Crippen molar-refractivity contribution < 1.29 is 14.7 Å². The molecule has 106 valence electrons. The molecule has 1 amide bonds. The molecular weight excluding hydrogens is 278 g/mol. The molecule has 1 heterocycles. The molecule has 0 aliphatic heterocycles. The summed E-state index contributed by atoms with van der Waals surface area (Å²) in [6.07, 6.45) is 1.75. The molecule has 0 saturated carbocycles. The second-order valence-electron chi connectivity index (χ2n) is 3.99. The number of hydrogen-bond acceptors (Lipinski definition) is 5. The molecule has 2 N–H and O–H groups in total. The Morgan fingerprint density at radius 2 is 2.35 bits per heavy atom. The van der Waals surface area contributed by atoms with Crippen molar-refractivity contribution in [3.63, 3.8) is 0 Å². The SMILES string of the molecule is C=CCN(CCC(=O)Nc1sccc1C#N)CC(=O)O. The maximum atomic E-state index is 11.8. The molecule has 20 heavy (non-hydrogen) atoms. The van der Waals surface area contributed by atoms with Crippen molar-refractivity contribution in [2.24, 2.45) is 0 Å². The third-order valence-electron chi connectivity index (χ3n) is 2.44. The van der Waals surface area contributed by atoms with Crippen LogP contribution in [0.2, 0.25) is 0 Å². The average Bonchev–Trinajstić information content (AvgIpc) is 2.83. The second kappa shape index (κ2) is 8.09. The summed E-state index contributed by atoms with van der Waals surface area (Å²) < 4.78 is 0. The number of amides is 1. The topological polar surface area (TPSA) is 93.4 Å². The summed E-state index contributed by atoms with van der Waals surface area (Å²) in [4.78, 5) is 24.0. The Balaban J connectivity index is 2.47. The zero-order valence-corrected chi connectivity index (χ0v) is 11.7. The maximum absolute atomic E-state index is 11.8. The van der Waals surface area contributed by atoms with Gasteiger partial charge in [0.1, 0.15) is 11.1 Å². The van der Waals surface area contributed by atoms with Crippen molar-refractivity contribution in [2.45, 2.75) is 6.42 Å². The molecule has 1 aromatic rings. The van der Waals surface area contributed by atoms with Crippen LogP contribution in [-0.4, -0.2) is 41.5 Å². The standard InChI is InChI=1S/C13H15N3O3S/c1-2-5-16(9-12(18)19)6-3-11(17)15-13-10(8-14)4-7-20-13/h2,4,7H,1,3,5-6,9H2,(H,15,17)(H,18,19). The Labute approximate surface area is 120 Å². The molecular formula is C13H15N3O3S. The Bertz CT molecular complexity index is 533. The number of nitrogens with one attached hydrogen (secondary N) is 1. The fourth-order valence-corrected chi connectivity index (χ4v) is 2.31. The predicted molar refractivity (Wildman–Crippen MR) is 76.6 cm³/mol. The van der Waals surface area contributed by atoms with Gasteiger partial charge in [-0.05, 0) is 11.4 Å². The first-order valence-electron chi connectivity index (χ1n) is 5.89. The van der Waals surface area contributed by atoms with Crippen molar-refractivity contribution in [1.29, 1.82) is 5.26 Å². The normalized spacial score (nSPS) is 10.0. The minimum Gasteiger partial charge on any atom is -0.480 e. The minimum atomic E-state index is -0.947. The molecule has 0 unspecified atom stereocenters. The minimum absolute atomic E-state index is 0.137. The molecule has 1 rings (SSSR count). The van der Waals surface area contributed by atoms with E-state index in [1.54, 1.807) is 22.4 Å². The predicted octanol–water partition coefficient (Wildman–Crippen LogP) is 1.52. The highest BCUT2D eigenvalue weighted by molar-refractivity contribution is 7.14. The van der Waals surface area contributed by atoms with Gasteiger partial charge in [0.15, 0.2) is 0 Å². The summed E-state index contributed by atoms with van der Waals surface area (Å²) in [6.45, 7) is 4.13. The van der Waals surface area contributed by atoms with Crippen molar-refractivity contribution in [3.05, 3.63) is 29.7 Å². The van der Waals surface area contributed by atoms with Gasteiger partial charge in [-0.2, -0.15) is 5.26 Å². The first-order valence-corrected chi connectivity index (χ1v) is 6.77. The van der Waals surface area contributed by atoms with Crippen LogP contribution in [0.15, 0.2) is 24.1 Å². The summed E-state index contributed by atoms with van der Waals surface area (Å²) in [5, 5.41) is 22.5. The van der Waals surface area contributed by atoms with Crippen molar-refractivity contribution in [3.8, 4) is 6.07 Å². The van der Waals surface area contributed by atoms with Gasteiger partial charge in [0.05, 0.1) is 12.1 Å². The Hall–Kier alpha value is -2.17. The van der Waals surface area contributed by atoms with Gasteiger partial charge < -0.3 is 10.4 Å². The largest absolute Gasteiger partial charge is 0.480 e. The molecule has 0 spiro atoms. The first kappa shape index (κ1) is 15.9. The molecule has 7 heteroatoms. The van der Waals surface area contributed by atoms with Gasteiger partial charge >= 0.3 is 5.97 Å². The van der Waals surface area contributed by atoms with E-state index in [0.717, 1.165) is 0 Å². The number of anilines is 1. The van der Waals surface area contributed by atoms with Gasteiger partial charge in [-0.15, -0.1) is 17.9 Å². The van der Waals surface area contributed by atoms with Crippen LogP contribution in [0, 0.1) is 11.3 Å². The molecule has 0 aromatic carbocycles. The third-order valence-corrected chi connectivity index (χ3v) is 3.27. The van der Waals surface area contributed by atoms with E-state index >= 15 is 0 Å². The summed E-state index contributed by atoms with van der Waals surface area (Å²) >= 11 is 1.28. The molecule has 0 saturated heterocycles. The smallest absolute Gasteiger partial charge is 0.317 e. The van der Waals surface area contributed by atoms with E-state index in [4.69, 9.17) is 10.4 Å². The highest BCUT2D eigenvalue weighted by Crippen LogP contribution is 2.22. The van der Waals surface area contributed by atoms with Crippen molar-refractivity contribution in [2.75, 3.05) is 25.0 Å². The van der Waals surface area contributed by atoms with Crippen LogP contribution in [0.3, 0.4) is 0 Å². The number of carboxylic acid groups (broad SMARTS) is 1. The molecule has 0 bridgehead atoms. The van der Waals surface area contributed by atoms with Crippen LogP contribution >= 0.6 is 11.3 Å². The highest BCUT2D eigenvalue weighted by atomic mass is 32.1. The van der Waals surface area contributed by atoms with E-state index in [1.165, 1.54) is 11.3 Å². The lowest BCUT2D eigenvalue weighted by Crippen LogP contribution is -2.32. The Morgan fingerprint density at radius 1 is 1.60 bits per heavy atom. The third kappa shape index (κ3) is 5.22. The van der Waals surface area contributed by atoms with E-state index < -0.39 is 5.97 Å². The monoisotopic (exact) mass is 293 g/mol. The zero-order valence-electron chi connectivity index (χ0n) is 10.8. The van der Waals surface area contributed by atoms with Gasteiger partial charge in [-0.1, -0.05) is 6.08 Å². The fourth-order valence-electron chi connectivity index (χ4n) is 1.55. The van der Waals surface area contributed by atoms with Crippen LogP contribution in [-0.2, 0) is 9.59 Å². The summed E-state index contributed by atoms with van der Waals surface area (Å²) in [7, 11) is 0. The molecule has 0 radical (unpaired) electrons. The highest BCUT2D eigenvalue weighted by Gasteiger charge is 2.12. The number of carbonyl (C=O) groups excluding carboxylic acids is 1. The number of nitrogens with zero attached hydrogens (tertiary/aromatic N) is 2. The lowest BCUT2D eigenvalue weighted by atomic mass is 10.3. The molecule has 0 atom stereocenters. The van der Waals surface area contributed by atoms with Crippen LogP contribution in [0.5, 0.6) is 0 Å². The van der Waals surface area contributed by atoms with E-state index in [1.807, 2.05) is 6.07 Å². The molecule has 0 aliphatic rings. The van der Waals surface area contributed by atoms with Gasteiger partial charge in [-0.3, -0.25) is 14.5 Å². The van der Waals surface area contributed by atoms with Crippen LogP contribution in [0.1, 0.15) is 12.0 Å². The second-order valence-corrected chi connectivity index (χ2v) is 4.91. The van der Waals surface area contributed by atoms with Gasteiger partial charge in [0, 0.05) is 19.5 Å². The van der Waals surface area contributed by atoms with E-state index in [2.05, 4.69) is 11.9 Å². The van der Waals surface area contributed by atoms with Gasteiger partial charge in [-0.25, -0.2) is 0 Å². The van der Waals surface area contributed by atoms with E-state index in [0.29, 0.717) is 23.7 Å². The quantitative estimate of drug-likeness (QED) is 0.709. The molecule has 0 aliphatic carbocycles. The van der Waals surface area contributed by atoms with Crippen LogP contribution in [0.25, 0.3) is 0 Å². The van der Waals surface area contributed by atoms with Gasteiger partial charge in [0.2, 0.25) is 5.91 Å².